The van der Waals surface area contributed by atoms with Gasteiger partial charge in [-0.05, 0) is 18.2 Å². The minimum absolute atomic E-state index is 0.00856. The molecule has 1 aliphatic heterocycles. The normalized spacial score (nSPS) is 18.9. The highest BCUT2D eigenvalue weighted by Crippen LogP contribution is 2.28. The molecular formula is C9H8BrNO3S. The second-order valence-electron chi connectivity index (χ2n) is 3.26. The Morgan fingerprint density at radius 1 is 1.33 bits per heavy atom. The number of nitrogens with one attached hydrogen (secondary N) is 1. The van der Waals surface area contributed by atoms with E-state index in [4.69, 9.17) is 0 Å². The standard InChI is InChI=1S/C9H8BrNO3S/c10-6-1-2-7-8(5-6)15(13,14)4-3-9(12)11-7/h1-2,5H,3-4H2,(H,11,12). The molecule has 1 N–H and O–H groups in total. The quantitative estimate of drug-likeness (QED) is 0.788. The fraction of sp³-hybridized carbons (Fsp3) is 0.222. The average molecular weight is 290 g/mol. The van der Waals surface area contributed by atoms with Crippen LogP contribution in [-0.4, -0.2) is 20.1 Å². The molecule has 1 aliphatic rings. The minimum atomic E-state index is -3.35. The van der Waals surface area contributed by atoms with Gasteiger partial charge in [0.05, 0.1) is 16.3 Å². The highest BCUT2D eigenvalue weighted by atomic mass is 79.9. The maximum Gasteiger partial charge on any atom is 0.225 e. The van der Waals surface area contributed by atoms with E-state index in [9.17, 15) is 13.2 Å². The van der Waals surface area contributed by atoms with Gasteiger partial charge in [0.15, 0.2) is 9.84 Å². The van der Waals surface area contributed by atoms with Gasteiger partial charge in [0, 0.05) is 10.9 Å². The van der Waals surface area contributed by atoms with Gasteiger partial charge in [0.1, 0.15) is 0 Å². The highest BCUT2D eigenvalue weighted by molar-refractivity contribution is 9.10. The van der Waals surface area contributed by atoms with E-state index in [1.807, 2.05) is 0 Å². The average Bonchev–Trinajstić information content (AvgIpc) is 2.27. The number of carbonyl (C=O) groups excluding carboxylic acids is 1. The van der Waals surface area contributed by atoms with Gasteiger partial charge in [-0.25, -0.2) is 8.42 Å². The summed E-state index contributed by atoms with van der Waals surface area (Å²) in [6, 6.07) is 4.79. The van der Waals surface area contributed by atoms with E-state index in [-0.39, 0.29) is 23.0 Å². The molecule has 80 valence electrons. The van der Waals surface area contributed by atoms with Gasteiger partial charge in [0.25, 0.3) is 0 Å². The Balaban J connectivity index is 2.66. The van der Waals surface area contributed by atoms with E-state index in [1.54, 1.807) is 12.1 Å². The summed E-state index contributed by atoms with van der Waals surface area (Å²) in [5.74, 6) is -0.401. The van der Waals surface area contributed by atoms with Crippen molar-refractivity contribution in [2.24, 2.45) is 0 Å². The van der Waals surface area contributed by atoms with E-state index >= 15 is 0 Å². The van der Waals surface area contributed by atoms with Crippen LogP contribution < -0.4 is 5.32 Å². The second-order valence-corrected chi connectivity index (χ2v) is 6.25. The Bertz CT molecular complexity index is 524. The molecule has 0 aliphatic carbocycles. The zero-order chi connectivity index (χ0) is 11.1. The topological polar surface area (TPSA) is 63.2 Å². The number of carbonyl (C=O) groups is 1. The summed E-state index contributed by atoms with van der Waals surface area (Å²) in [6.45, 7) is 0. The van der Waals surface area contributed by atoms with Crippen molar-refractivity contribution >= 4 is 37.4 Å². The predicted octanol–water partition coefficient (Wildman–Crippen LogP) is 1.57. The summed E-state index contributed by atoms with van der Waals surface area (Å²) in [7, 11) is -3.35. The molecule has 0 fully saturated rings. The molecule has 0 bridgehead atoms. The van der Waals surface area contributed by atoms with Crippen LogP contribution in [-0.2, 0) is 14.6 Å². The first kappa shape index (κ1) is 10.6. The molecule has 0 unspecified atom stereocenters. The molecule has 0 saturated carbocycles. The summed E-state index contributed by atoms with van der Waals surface area (Å²) in [4.78, 5) is 11.4. The van der Waals surface area contributed by atoms with E-state index < -0.39 is 9.84 Å². The van der Waals surface area contributed by atoms with Crippen LogP contribution in [0, 0.1) is 0 Å². The summed E-state index contributed by atoms with van der Waals surface area (Å²) in [6.07, 6.45) is 0.00856. The number of fused-ring (bicyclic) bond motifs is 1. The zero-order valence-corrected chi connectivity index (χ0v) is 10.1. The number of anilines is 1. The number of amides is 1. The minimum Gasteiger partial charge on any atom is -0.325 e. The molecule has 4 nitrogen and oxygen atoms in total. The lowest BCUT2D eigenvalue weighted by atomic mass is 10.3. The molecule has 0 saturated heterocycles. The van der Waals surface area contributed by atoms with Crippen LogP contribution in [0.5, 0.6) is 0 Å². The van der Waals surface area contributed by atoms with Crippen LogP contribution >= 0.6 is 15.9 Å². The SMILES string of the molecule is O=C1CCS(=O)(=O)c2cc(Br)ccc2N1. The van der Waals surface area contributed by atoms with Crippen molar-refractivity contribution in [3.05, 3.63) is 22.7 Å². The largest absolute Gasteiger partial charge is 0.325 e. The monoisotopic (exact) mass is 289 g/mol. The smallest absolute Gasteiger partial charge is 0.225 e. The van der Waals surface area contributed by atoms with E-state index in [0.717, 1.165) is 0 Å². The Hall–Kier alpha value is -0.880. The lowest BCUT2D eigenvalue weighted by molar-refractivity contribution is -0.115. The number of halogens is 1. The Labute approximate surface area is 95.7 Å². The third-order valence-corrected chi connectivity index (χ3v) is 4.39. The van der Waals surface area contributed by atoms with E-state index in [2.05, 4.69) is 21.2 Å². The van der Waals surface area contributed by atoms with Crippen molar-refractivity contribution in [2.75, 3.05) is 11.1 Å². The zero-order valence-electron chi connectivity index (χ0n) is 7.66. The molecule has 15 heavy (non-hydrogen) atoms. The third-order valence-electron chi connectivity index (χ3n) is 2.15. The van der Waals surface area contributed by atoms with Crippen molar-refractivity contribution in [3.63, 3.8) is 0 Å². The van der Waals surface area contributed by atoms with Gasteiger partial charge in [0.2, 0.25) is 5.91 Å². The summed E-state index contributed by atoms with van der Waals surface area (Å²) >= 11 is 3.21. The van der Waals surface area contributed by atoms with E-state index in [1.165, 1.54) is 6.07 Å². The fourth-order valence-electron chi connectivity index (χ4n) is 1.41. The molecule has 1 heterocycles. The van der Waals surface area contributed by atoms with Crippen LogP contribution in [0.2, 0.25) is 0 Å². The van der Waals surface area contributed by atoms with Gasteiger partial charge < -0.3 is 5.32 Å². The summed E-state index contributed by atoms with van der Waals surface area (Å²) in [5, 5.41) is 2.57. The van der Waals surface area contributed by atoms with Crippen LogP contribution in [0.3, 0.4) is 0 Å². The molecule has 1 aromatic carbocycles. The molecule has 0 radical (unpaired) electrons. The highest BCUT2D eigenvalue weighted by Gasteiger charge is 2.25. The molecule has 2 rings (SSSR count). The van der Waals surface area contributed by atoms with E-state index in [0.29, 0.717) is 10.2 Å². The maximum atomic E-state index is 11.8. The molecule has 6 heteroatoms. The Morgan fingerprint density at radius 3 is 2.80 bits per heavy atom. The van der Waals surface area contributed by atoms with Gasteiger partial charge >= 0.3 is 0 Å². The molecule has 0 atom stereocenters. The first-order chi connectivity index (χ1) is 6.99. The second kappa shape index (κ2) is 3.61. The number of hydrogen-bond donors (Lipinski definition) is 1. The van der Waals surface area contributed by atoms with Crippen molar-refractivity contribution in [1.29, 1.82) is 0 Å². The van der Waals surface area contributed by atoms with Gasteiger partial charge in [-0.3, -0.25) is 4.79 Å². The van der Waals surface area contributed by atoms with Gasteiger partial charge in [-0.15, -0.1) is 0 Å². The number of rotatable bonds is 0. The van der Waals surface area contributed by atoms with Crippen LogP contribution in [0.15, 0.2) is 27.6 Å². The van der Waals surface area contributed by atoms with Crippen molar-refractivity contribution in [3.8, 4) is 0 Å². The van der Waals surface area contributed by atoms with Gasteiger partial charge in [-0.2, -0.15) is 0 Å². The Morgan fingerprint density at radius 2 is 2.07 bits per heavy atom. The Kier molecular flexibility index (Phi) is 2.56. The van der Waals surface area contributed by atoms with Crippen LogP contribution in [0.4, 0.5) is 5.69 Å². The molecule has 1 amide bonds. The molecule has 1 aromatic rings. The number of sulfone groups is 1. The van der Waals surface area contributed by atoms with Gasteiger partial charge in [-0.1, -0.05) is 15.9 Å². The summed E-state index contributed by atoms with van der Waals surface area (Å²) in [5.41, 5.74) is 0.362. The van der Waals surface area contributed by atoms with Crippen LogP contribution in [0.1, 0.15) is 6.42 Å². The summed E-state index contributed by atoms with van der Waals surface area (Å²) < 4.78 is 24.2. The number of benzene rings is 1. The molecular weight excluding hydrogens is 282 g/mol. The lowest BCUT2D eigenvalue weighted by Crippen LogP contribution is -2.10. The lowest BCUT2D eigenvalue weighted by Gasteiger charge is -2.06. The molecule has 0 spiro atoms. The first-order valence-corrected chi connectivity index (χ1v) is 6.76. The third kappa shape index (κ3) is 2.05. The predicted molar refractivity (Wildman–Crippen MR) is 59.4 cm³/mol. The van der Waals surface area contributed by atoms with Crippen molar-refractivity contribution in [2.45, 2.75) is 11.3 Å². The van der Waals surface area contributed by atoms with Crippen molar-refractivity contribution < 1.29 is 13.2 Å². The van der Waals surface area contributed by atoms with Crippen LogP contribution in [0.25, 0.3) is 0 Å². The maximum absolute atomic E-state index is 11.8. The first-order valence-electron chi connectivity index (χ1n) is 4.31. The molecule has 0 aromatic heterocycles. The fourth-order valence-corrected chi connectivity index (χ4v) is 3.35. The number of hydrogen-bond acceptors (Lipinski definition) is 3. The van der Waals surface area contributed by atoms with Crippen molar-refractivity contribution in [1.82, 2.24) is 0 Å².